The Kier molecular flexibility index (Phi) is 5.24. The van der Waals surface area contributed by atoms with Crippen molar-refractivity contribution in [3.63, 3.8) is 0 Å². The maximum absolute atomic E-state index is 8.63. The molecule has 3 nitrogen and oxygen atoms in total. The van der Waals surface area contributed by atoms with Crippen LogP contribution < -0.4 is 0 Å². The molecule has 0 unspecified atom stereocenters. The van der Waals surface area contributed by atoms with Crippen LogP contribution in [0.3, 0.4) is 0 Å². The number of hydrogen-bond donors (Lipinski definition) is 0. The predicted octanol–water partition coefficient (Wildman–Crippen LogP) is 10.5. The van der Waals surface area contributed by atoms with Gasteiger partial charge in [-0.1, -0.05) is 152 Å². The standard InChI is InChI=1S/C41H27N3/c1-2-12-32(13-3-1)39-42-40(44-41(43-39)36-25-22-28-10-4-5-14-33(28)27-36)35-17-8-16-34(26-35)29-20-23-31(24-21-29)38-19-9-15-30-11-6-7-18-37(30)38/h1-27H/i1D,2D,3D,12D,13D. The molecule has 8 rings (SSSR count). The molecule has 0 bridgehead atoms. The van der Waals surface area contributed by atoms with E-state index in [1.807, 2.05) is 72.8 Å². The van der Waals surface area contributed by atoms with E-state index in [1.54, 1.807) is 0 Å². The fourth-order valence-corrected chi connectivity index (χ4v) is 5.59. The fraction of sp³-hybridized carbons (Fsp3) is 0. The van der Waals surface area contributed by atoms with Crippen molar-refractivity contribution >= 4 is 21.5 Å². The third-order valence-corrected chi connectivity index (χ3v) is 7.81. The zero-order valence-electron chi connectivity index (χ0n) is 28.5. The van der Waals surface area contributed by atoms with E-state index in [-0.39, 0.29) is 23.5 Å². The second-order valence-electron chi connectivity index (χ2n) is 10.6. The molecule has 0 saturated heterocycles. The van der Waals surface area contributed by atoms with Crippen molar-refractivity contribution < 1.29 is 6.85 Å². The van der Waals surface area contributed by atoms with Gasteiger partial charge < -0.3 is 0 Å². The Labute approximate surface area is 263 Å². The quantitative estimate of drug-likeness (QED) is 0.208. The topological polar surface area (TPSA) is 38.7 Å². The Hall–Kier alpha value is -5.93. The van der Waals surface area contributed by atoms with E-state index in [9.17, 15) is 0 Å². The van der Waals surface area contributed by atoms with Crippen molar-refractivity contribution in [2.24, 2.45) is 0 Å². The number of aromatic nitrogens is 3. The molecule has 3 heteroatoms. The molecule has 206 valence electrons. The van der Waals surface area contributed by atoms with Crippen LogP contribution in [0.25, 0.3) is 78.0 Å². The summed E-state index contributed by atoms with van der Waals surface area (Å²) in [6.07, 6.45) is 0. The molecule has 0 N–H and O–H groups in total. The smallest absolute Gasteiger partial charge is 0.164 e. The molecule has 0 aliphatic rings. The molecule has 0 spiro atoms. The minimum Gasteiger partial charge on any atom is -0.208 e. The molecular weight excluding hydrogens is 534 g/mol. The Morgan fingerprint density at radius 2 is 0.932 bits per heavy atom. The Morgan fingerprint density at radius 1 is 0.364 bits per heavy atom. The molecule has 0 aliphatic heterocycles. The van der Waals surface area contributed by atoms with Gasteiger partial charge >= 0.3 is 0 Å². The summed E-state index contributed by atoms with van der Waals surface area (Å²) in [6.45, 7) is 0. The van der Waals surface area contributed by atoms with E-state index in [1.165, 1.54) is 16.3 Å². The third kappa shape index (κ3) is 4.91. The molecule has 0 atom stereocenters. The highest BCUT2D eigenvalue weighted by atomic mass is 15.0. The zero-order valence-corrected chi connectivity index (χ0v) is 23.5. The number of fused-ring (bicyclic) bond motifs is 2. The van der Waals surface area contributed by atoms with Gasteiger partial charge in [-0.05, 0) is 55.9 Å². The number of rotatable bonds is 5. The van der Waals surface area contributed by atoms with Crippen LogP contribution in [-0.4, -0.2) is 15.0 Å². The van der Waals surface area contributed by atoms with Crippen molar-refractivity contribution in [3.8, 4) is 56.4 Å². The molecule has 0 radical (unpaired) electrons. The van der Waals surface area contributed by atoms with E-state index < -0.39 is 18.1 Å². The molecule has 0 amide bonds. The second-order valence-corrected chi connectivity index (χ2v) is 10.6. The first-order chi connectivity index (χ1) is 23.9. The zero-order chi connectivity index (χ0) is 33.6. The lowest BCUT2D eigenvalue weighted by Crippen LogP contribution is -2.00. The van der Waals surface area contributed by atoms with Crippen molar-refractivity contribution in [1.82, 2.24) is 15.0 Å². The first-order valence-electron chi connectivity index (χ1n) is 16.9. The first kappa shape index (κ1) is 20.9. The SMILES string of the molecule is [2H]c1c([2H])c([2H])c(-c2nc(-c3cccc(-c4ccc(-c5cccc6ccccc56)cc4)c3)nc(-c3ccc4ccccc4c3)n2)c([2H])c1[2H]. The third-order valence-electron chi connectivity index (χ3n) is 7.81. The highest BCUT2D eigenvalue weighted by molar-refractivity contribution is 5.97. The Balaban J connectivity index is 1.25. The first-order valence-corrected chi connectivity index (χ1v) is 14.4. The summed E-state index contributed by atoms with van der Waals surface area (Å²) in [5.74, 6) is 0.673. The molecule has 44 heavy (non-hydrogen) atoms. The molecule has 7 aromatic carbocycles. The monoisotopic (exact) mass is 566 g/mol. The highest BCUT2D eigenvalue weighted by Gasteiger charge is 2.14. The average molecular weight is 567 g/mol. The minimum atomic E-state index is -0.470. The predicted molar refractivity (Wildman–Crippen MR) is 182 cm³/mol. The number of hydrogen-bond acceptors (Lipinski definition) is 3. The van der Waals surface area contributed by atoms with Crippen LogP contribution in [0.5, 0.6) is 0 Å². The summed E-state index contributed by atoms with van der Waals surface area (Å²) in [7, 11) is 0. The molecule has 1 heterocycles. The van der Waals surface area contributed by atoms with Crippen molar-refractivity contribution in [2.45, 2.75) is 0 Å². The van der Waals surface area contributed by atoms with Gasteiger partial charge in [0.2, 0.25) is 0 Å². The normalized spacial score (nSPS) is 12.8. The summed E-state index contributed by atoms with van der Waals surface area (Å²) in [5.41, 5.74) is 5.61. The van der Waals surface area contributed by atoms with Gasteiger partial charge in [0.25, 0.3) is 0 Å². The van der Waals surface area contributed by atoms with Crippen molar-refractivity contribution in [1.29, 1.82) is 0 Å². The Bertz CT molecular complexity index is 2530. The molecule has 1 aromatic heterocycles. The second kappa shape index (κ2) is 11.0. The van der Waals surface area contributed by atoms with Gasteiger partial charge in [-0.3, -0.25) is 0 Å². The van der Waals surface area contributed by atoms with E-state index in [0.29, 0.717) is 17.2 Å². The van der Waals surface area contributed by atoms with Gasteiger partial charge in [0.05, 0.1) is 6.85 Å². The highest BCUT2D eigenvalue weighted by Crippen LogP contribution is 2.32. The Morgan fingerprint density at radius 3 is 1.73 bits per heavy atom. The van der Waals surface area contributed by atoms with Crippen LogP contribution in [0.2, 0.25) is 0 Å². The van der Waals surface area contributed by atoms with E-state index in [2.05, 4.69) is 60.7 Å². The molecule has 8 aromatic rings. The summed E-state index contributed by atoms with van der Waals surface area (Å²) >= 11 is 0. The van der Waals surface area contributed by atoms with Gasteiger partial charge in [-0.25, -0.2) is 15.0 Å². The molecule has 0 fully saturated rings. The maximum atomic E-state index is 8.63. The van der Waals surface area contributed by atoms with E-state index >= 15 is 0 Å². The lowest BCUT2D eigenvalue weighted by molar-refractivity contribution is 1.07. The van der Waals surface area contributed by atoms with Crippen LogP contribution in [-0.2, 0) is 0 Å². The van der Waals surface area contributed by atoms with Crippen molar-refractivity contribution in [3.05, 3.63) is 164 Å². The molecule has 0 saturated carbocycles. The molecule has 0 aliphatic carbocycles. The summed E-state index contributed by atoms with van der Waals surface area (Å²) in [5, 5.41) is 4.46. The van der Waals surface area contributed by atoms with Gasteiger partial charge in [0.15, 0.2) is 17.5 Å². The minimum absolute atomic E-state index is 0.00926. The number of benzene rings is 7. The summed E-state index contributed by atoms with van der Waals surface area (Å²) < 4.78 is 41.9. The fourth-order valence-electron chi connectivity index (χ4n) is 5.59. The number of nitrogens with zero attached hydrogens (tertiary/aromatic N) is 3. The van der Waals surface area contributed by atoms with Crippen LogP contribution >= 0.6 is 0 Å². The van der Waals surface area contributed by atoms with Crippen LogP contribution in [0.4, 0.5) is 0 Å². The molecular formula is C41H27N3. The van der Waals surface area contributed by atoms with Crippen LogP contribution in [0.1, 0.15) is 6.85 Å². The van der Waals surface area contributed by atoms with E-state index in [4.69, 9.17) is 21.8 Å². The summed E-state index contributed by atoms with van der Waals surface area (Å²) in [6, 6.07) is 42.8. The largest absolute Gasteiger partial charge is 0.208 e. The van der Waals surface area contributed by atoms with Gasteiger partial charge in [0, 0.05) is 16.7 Å². The average Bonchev–Trinajstić information content (AvgIpc) is 3.16. The summed E-state index contributed by atoms with van der Waals surface area (Å²) in [4.78, 5) is 14.3. The lowest BCUT2D eigenvalue weighted by Gasteiger charge is -2.11. The van der Waals surface area contributed by atoms with Gasteiger partial charge in [0.1, 0.15) is 0 Å². The lowest BCUT2D eigenvalue weighted by atomic mass is 9.96. The van der Waals surface area contributed by atoms with Gasteiger partial charge in [-0.15, -0.1) is 0 Å². The van der Waals surface area contributed by atoms with Gasteiger partial charge in [-0.2, -0.15) is 0 Å². The van der Waals surface area contributed by atoms with Crippen molar-refractivity contribution in [2.75, 3.05) is 0 Å². The van der Waals surface area contributed by atoms with E-state index in [0.717, 1.165) is 33.0 Å². The van der Waals surface area contributed by atoms with Crippen LogP contribution in [0.15, 0.2) is 164 Å². The maximum Gasteiger partial charge on any atom is 0.164 e. The van der Waals surface area contributed by atoms with Crippen LogP contribution in [0, 0.1) is 0 Å².